The third-order valence-corrected chi connectivity index (χ3v) is 2.75. The minimum Gasteiger partial charge on any atom is -0.497 e. The van der Waals surface area contributed by atoms with Crippen LogP contribution in [0.3, 0.4) is 0 Å². The van der Waals surface area contributed by atoms with E-state index in [1.165, 1.54) is 6.33 Å². The first-order valence-corrected chi connectivity index (χ1v) is 5.78. The molecule has 4 nitrogen and oxygen atoms in total. The van der Waals surface area contributed by atoms with Crippen molar-refractivity contribution in [3.05, 3.63) is 40.8 Å². The van der Waals surface area contributed by atoms with Crippen LogP contribution in [0.5, 0.6) is 17.4 Å². The molecule has 0 radical (unpaired) electrons. The molecule has 0 aliphatic heterocycles. The van der Waals surface area contributed by atoms with Crippen molar-refractivity contribution in [2.75, 3.05) is 7.11 Å². The van der Waals surface area contributed by atoms with Crippen molar-refractivity contribution in [1.82, 2.24) is 9.97 Å². The maximum atomic E-state index is 5.64. The number of ether oxygens (including phenoxy) is 2. The van der Waals surface area contributed by atoms with Crippen LogP contribution in [0.25, 0.3) is 0 Å². The summed E-state index contributed by atoms with van der Waals surface area (Å²) in [6.07, 6.45) is 1.47. The first-order chi connectivity index (χ1) is 8.19. The molecule has 0 atom stereocenters. The summed E-state index contributed by atoms with van der Waals surface area (Å²) in [4.78, 5) is 8.04. The molecule has 0 unspecified atom stereocenters. The molecule has 5 heteroatoms. The highest BCUT2D eigenvalue weighted by molar-refractivity contribution is 9.10. The monoisotopic (exact) mass is 294 g/mol. The van der Waals surface area contributed by atoms with E-state index in [0.717, 1.165) is 15.9 Å². The van der Waals surface area contributed by atoms with Gasteiger partial charge in [-0.05, 0) is 41.1 Å². The molecule has 0 saturated carbocycles. The van der Waals surface area contributed by atoms with Gasteiger partial charge in [0.05, 0.1) is 11.6 Å². The average Bonchev–Trinajstić information content (AvgIpc) is 2.32. The Kier molecular flexibility index (Phi) is 3.58. The van der Waals surface area contributed by atoms with Crippen molar-refractivity contribution in [2.24, 2.45) is 0 Å². The van der Waals surface area contributed by atoms with Gasteiger partial charge < -0.3 is 9.47 Å². The highest BCUT2D eigenvalue weighted by atomic mass is 79.9. The van der Waals surface area contributed by atoms with Crippen LogP contribution < -0.4 is 9.47 Å². The second-order valence-corrected chi connectivity index (χ2v) is 4.25. The predicted octanol–water partition coefficient (Wildman–Crippen LogP) is 3.35. The minimum absolute atomic E-state index is 0.517. The molecule has 0 amide bonds. The molecule has 0 fully saturated rings. The molecule has 0 spiro atoms. The lowest BCUT2D eigenvalue weighted by Crippen LogP contribution is -1.91. The molecule has 17 heavy (non-hydrogen) atoms. The third kappa shape index (κ3) is 2.94. The second kappa shape index (κ2) is 5.14. The zero-order chi connectivity index (χ0) is 12.3. The smallest absolute Gasteiger partial charge is 0.222 e. The van der Waals surface area contributed by atoms with Crippen LogP contribution in [0.4, 0.5) is 0 Å². The average molecular weight is 295 g/mol. The predicted molar refractivity (Wildman–Crippen MR) is 67.5 cm³/mol. The lowest BCUT2D eigenvalue weighted by Gasteiger charge is -2.08. The van der Waals surface area contributed by atoms with E-state index in [-0.39, 0.29) is 0 Å². The number of hydrogen-bond donors (Lipinski definition) is 0. The van der Waals surface area contributed by atoms with Gasteiger partial charge in [-0.3, -0.25) is 0 Å². The van der Waals surface area contributed by atoms with Crippen molar-refractivity contribution in [3.8, 4) is 17.4 Å². The van der Waals surface area contributed by atoms with Gasteiger partial charge in [0.2, 0.25) is 5.88 Å². The Bertz CT molecular complexity index is 532. The van der Waals surface area contributed by atoms with E-state index < -0.39 is 0 Å². The summed E-state index contributed by atoms with van der Waals surface area (Å²) < 4.78 is 11.6. The highest BCUT2D eigenvalue weighted by Crippen LogP contribution is 2.31. The molecule has 0 aliphatic rings. The Hall–Kier alpha value is -1.62. The minimum atomic E-state index is 0.517. The lowest BCUT2D eigenvalue weighted by atomic mass is 10.3. The molecule has 0 aliphatic carbocycles. The van der Waals surface area contributed by atoms with Crippen LogP contribution in [-0.4, -0.2) is 17.1 Å². The molecule has 1 aromatic carbocycles. The Balaban J connectivity index is 2.24. The van der Waals surface area contributed by atoms with Crippen molar-refractivity contribution in [3.63, 3.8) is 0 Å². The first kappa shape index (κ1) is 11.9. The SMILES string of the molecule is COc1ccc(Oc2cc(C)ncn2)c(Br)c1. The molecular weight excluding hydrogens is 284 g/mol. The number of methoxy groups -OCH3 is 1. The summed E-state index contributed by atoms with van der Waals surface area (Å²) in [6.45, 7) is 1.89. The van der Waals surface area contributed by atoms with Crippen LogP contribution in [0, 0.1) is 6.92 Å². The van der Waals surface area contributed by atoms with E-state index in [1.807, 2.05) is 25.1 Å². The van der Waals surface area contributed by atoms with E-state index >= 15 is 0 Å². The Morgan fingerprint density at radius 3 is 2.65 bits per heavy atom. The topological polar surface area (TPSA) is 44.2 Å². The number of halogens is 1. The van der Waals surface area contributed by atoms with Crippen molar-refractivity contribution >= 4 is 15.9 Å². The number of hydrogen-bond acceptors (Lipinski definition) is 4. The summed E-state index contributed by atoms with van der Waals surface area (Å²) >= 11 is 3.42. The molecule has 0 bridgehead atoms. The molecule has 1 aromatic heterocycles. The van der Waals surface area contributed by atoms with E-state index in [0.29, 0.717) is 11.6 Å². The molecule has 1 heterocycles. The third-order valence-electron chi connectivity index (χ3n) is 2.13. The van der Waals surface area contributed by atoms with E-state index in [2.05, 4.69) is 25.9 Å². The lowest BCUT2D eigenvalue weighted by molar-refractivity contribution is 0.411. The number of aromatic nitrogens is 2. The van der Waals surface area contributed by atoms with Crippen LogP contribution in [0.1, 0.15) is 5.69 Å². The summed E-state index contributed by atoms with van der Waals surface area (Å²) in [5, 5.41) is 0. The Labute approximate surface area is 108 Å². The Morgan fingerprint density at radius 2 is 2.00 bits per heavy atom. The summed E-state index contributed by atoms with van der Waals surface area (Å²) in [5.41, 5.74) is 0.861. The van der Waals surface area contributed by atoms with E-state index in [9.17, 15) is 0 Å². The van der Waals surface area contributed by atoms with E-state index in [1.54, 1.807) is 13.2 Å². The van der Waals surface area contributed by atoms with Gasteiger partial charge in [0.15, 0.2) is 0 Å². The fraction of sp³-hybridized carbons (Fsp3) is 0.167. The first-order valence-electron chi connectivity index (χ1n) is 4.99. The van der Waals surface area contributed by atoms with Crippen LogP contribution in [0.15, 0.2) is 35.1 Å². The number of nitrogens with zero attached hydrogens (tertiary/aromatic N) is 2. The van der Waals surface area contributed by atoms with Gasteiger partial charge >= 0.3 is 0 Å². The zero-order valence-electron chi connectivity index (χ0n) is 9.48. The van der Waals surface area contributed by atoms with Crippen LogP contribution >= 0.6 is 15.9 Å². The normalized spacial score (nSPS) is 10.1. The maximum Gasteiger partial charge on any atom is 0.222 e. The number of rotatable bonds is 3. The zero-order valence-corrected chi connectivity index (χ0v) is 11.1. The fourth-order valence-corrected chi connectivity index (χ4v) is 1.73. The molecular formula is C12H11BrN2O2. The van der Waals surface area contributed by atoms with Gasteiger partial charge in [0.25, 0.3) is 0 Å². The maximum absolute atomic E-state index is 5.64. The van der Waals surface area contributed by atoms with Gasteiger partial charge in [-0.25, -0.2) is 9.97 Å². The molecule has 0 N–H and O–H groups in total. The standard InChI is InChI=1S/C12H11BrN2O2/c1-8-5-12(15-7-14-8)17-11-4-3-9(16-2)6-10(11)13/h3-7H,1-2H3. The fourth-order valence-electron chi connectivity index (χ4n) is 1.29. The van der Waals surface area contributed by atoms with Crippen LogP contribution in [0.2, 0.25) is 0 Å². The van der Waals surface area contributed by atoms with Gasteiger partial charge in [0.1, 0.15) is 17.8 Å². The number of aryl methyl sites for hydroxylation is 1. The van der Waals surface area contributed by atoms with Gasteiger partial charge in [-0.1, -0.05) is 0 Å². The Morgan fingerprint density at radius 1 is 1.18 bits per heavy atom. The van der Waals surface area contributed by atoms with Gasteiger partial charge in [0, 0.05) is 11.8 Å². The van der Waals surface area contributed by atoms with Crippen molar-refractivity contribution in [2.45, 2.75) is 6.92 Å². The van der Waals surface area contributed by atoms with E-state index in [4.69, 9.17) is 9.47 Å². The van der Waals surface area contributed by atoms with Gasteiger partial charge in [-0.2, -0.15) is 0 Å². The summed E-state index contributed by atoms with van der Waals surface area (Å²) in [6, 6.07) is 7.26. The quantitative estimate of drug-likeness (QED) is 0.871. The highest BCUT2D eigenvalue weighted by Gasteiger charge is 2.05. The number of benzene rings is 1. The second-order valence-electron chi connectivity index (χ2n) is 3.40. The summed E-state index contributed by atoms with van der Waals surface area (Å²) in [7, 11) is 1.62. The molecule has 2 rings (SSSR count). The van der Waals surface area contributed by atoms with Crippen molar-refractivity contribution < 1.29 is 9.47 Å². The summed E-state index contributed by atoms with van der Waals surface area (Å²) in [5.74, 6) is 1.97. The van der Waals surface area contributed by atoms with Crippen LogP contribution in [-0.2, 0) is 0 Å². The molecule has 0 saturated heterocycles. The molecule has 88 valence electrons. The largest absolute Gasteiger partial charge is 0.497 e. The molecule has 2 aromatic rings. The van der Waals surface area contributed by atoms with Gasteiger partial charge in [-0.15, -0.1) is 0 Å². The van der Waals surface area contributed by atoms with Crippen molar-refractivity contribution in [1.29, 1.82) is 0 Å².